The fourth-order valence-electron chi connectivity index (χ4n) is 5.37. The first-order valence-electron chi connectivity index (χ1n) is 13.7. The van der Waals surface area contributed by atoms with E-state index in [9.17, 15) is 24.5 Å². The van der Waals surface area contributed by atoms with Gasteiger partial charge in [-0.25, -0.2) is 4.79 Å². The largest absolute Gasteiger partial charge is 0.464 e. The van der Waals surface area contributed by atoms with Crippen molar-refractivity contribution in [3.05, 3.63) is 61.4 Å². The Morgan fingerprint density at radius 2 is 1.72 bits per heavy atom. The first-order valence-corrected chi connectivity index (χ1v) is 13.7. The minimum Gasteiger partial charge on any atom is -0.464 e. The molecule has 0 spiro atoms. The molecule has 1 fully saturated rings. The summed E-state index contributed by atoms with van der Waals surface area (Å²) in [4.78, 5) is 52.5. The van der Waals surface area contributed by atoms with E-state index in [0.717, 1.165) is 31.2 Å². The van der Waals surface area contributed by atoms with Crippen LogP contribution in [0.25, 0.3) is 11.3 Å². The maximum Gasteiger partial charge on any atom is 0.347 e. The van der Waals surface area contributed by atoms with Crippen molar-refractivity contribution in [2.24, 2.45) is 11.3 Å². The molecule has 1 aromatic carbocycles. The number of nitrogens with one attached hydrogen (secondary N) is 1. The average molecular weight is 540 g/mol. The van der Waals surface area contributed by atoms with Crippen molar-refractivity contribution in [2.75, 3.05) is 6.61 Å². The van der Waals surface area contributed by atoms with E-state index in [-0.39, 0.29) is 30.2 Å². The fraction of sp³-hybridized carbons (Fsp3) is 0.567. The van der Waals surface area contributed by atoms with Crippen LogP contribution < -0.4 is 10.9 Å². The van der Waals surface area contributed by atoms with Gasteiger partial charge in [0.15, 0.2) is 0 Å². The van der Waals surface area contributed by atoms with Gasteiger partial charge < -0.3 is 10.1 Å². The maximum atomic E-state index is 14.1. The fourth-order valence-corrected chi connectivity index (χ4v) is 5.37. The number of pyridine rings is 1. The van der Waals surface area contributed by atoms with E-state index in [0.29, 0.717) is 17.2 Å². The summed E-state index contributed by atoms with van der Waals surface area (Å²) >= 11 is 0. The third kappa shape index (κ3) is 6.94. The lowest BCUT2D eigenvalue weighted by molar-refractivity contribution is -0.386. The molecule has 9 nitrogen and oxygen atoms in total. The number of carbonyl (C=O) groups excluding carboxylic acids is 2. The highest BCUT2D eigenvalue weighted by Crippen LogP contribution is 2.36. The van der Waals surface area contributed by atoms with Crippen LogP contribution >= 0.6 is 0 Å². The lowest BCUT2D eigenvalue weighted by Crippen LogP contribution is -2.41. The Morgan fingerprint density at radius 1 is 1.13 bits per heavy atom. The van der Waals surface area contributed by atoms with Gasteiger partial charge in [0.05, 0.1) is 17.2 Å². The number of carbonyl (C=O) groups is 2. The normalized spacial score (nSPS) is 18.3. The van der Waals surface area contributed by atoms with E-state index in [1.165, 1.54) is 4.57 Å². The van der Waals surface area contributed by atoms with Crippen molar-refractivity contribution < 1.29 is 19.2 Å². The average Bonchev–Trinajstić information content (AvgIpc) is 2.84. The predicted molar refractivity (Wildman–Crippen MR) is 151 cm³/mol. The lowest BCUT2D eigenvalue weighted by Gasteiger charge is -2.30. The highest BCUT2D eigenvalue weighted by atomic mass is 16.6. The predicted octanol–water partition coefficient (Wildman–Crippen LogP) is 5.89. The summed E-state index contributed by atoms with van der Waals surface area (Å²) in [6, 6.07) is 6.06. The van der Waals surface area contributed by atoms with Crippen molar-refractivity contribution in [3.63, 3.8) is 0 Å². The number of ether oxygens (including phenoxy) is 1. The van der Waals surface area contributed by atoms with Crippen molar-refractivity contribution in [2.45, 2.75) is 92.7 Å². The van der Waals surface area contributed by atoms with Gasteiger partial charge >= 0.3 is 17.2 Å². The zero-order chi connectivity index (χ0) is 29.1. The second kappa shape index (κ2) is 12.1. The van der Waals surface area contributed by atoms with Crippen LogP contribution in [0.15, 0.2) is 29.1 Å². The van der Waals surface area contributed by atoms with Gasteiger partial charge in [-0.1, -0.05) is 57.5 Å². The lowest BCUT2D eigenvalue weighted by atomic mass is 9.86. The minimum absolute atomic E-state index is 0.0929. The number of rotatable bonds is 8. The summed E-state index contributed by atoms with van der Waals surface area (Å²) in [5.74, 6) is -0.723. The molecule has 212 valence electrons. The molecule has 0 bridgehead atoms. The van der Waals surface area contributed by atoms with Crippen LogP contribution in [0.3, 0.4) is 0 Å². The van der Waals surface area contributed by atoms with E-state index in [1.54, 1.807) is 26.0 Å². The summed E-state index contributed by atoms with van der Waals surface area (Å²) in [6.07, 6.45) is 3.66. The molecule has 3 rings (SSSR count). The van der Waals surface area contributed by atoms with Gasteiger partial charge in [-0.2, -0.15) is 0 Å². The zero-order valence-corrected chi connectivity index (χ0v) is 24.1. The molecular formula is C30H41N3O6. The highest BCUT2D eigenvalue weighted by molar-refractivity contribution is 6.01. The van der Waals surface area contributed by atoms with Crippen LogP contribution in [0.5, 0.6) is 0 Å². The molecular weight excluding hydrogens is 498 g/mol. The number of amides is 1. The molecule has 0 saturated heterocycles. The van der Waals surface area contributed by atoms with Gasteiger partial charge in [0.2, 0.25) is 0 Å². The SMILES string of the molecule is CCOC(=O)C(CC(C)(C)C)n1c(-c2ccc(C)cc2)c(C)c(C(=O)N[C@H]2CC[C@H](C)CC2)c([N+](=O)[O-])c1=O. The highest BCUT2D eigenvalue weighted by Gasteiger charge is 2.38. The smallest absolute Gasteiger partial charge is 0.347 e. The van der Waals surface area contributed by atoms with Gasteiger partial charge in [-0.05, 0) is 75.3 Å². The van der Waals surface area contributed by atoms with Gasteiger partial charge in [-0.15, -0.1) is 0 Å². The molecule has 1 amide bonds. The van der Waals surface area contributed by atoms with Crippen LogP contribution in [0, 0.1) is 35.3 Å². The van der Waals surface area contributed by atoms with E-state index in [2.05, 4.69) is 12.2 Å². The number of hydrogen-bond acceptors (Lipinski definition) is 6. The number of esters is 1. The maximum absolute atomic E-state index is 14.1. The van der Waals surface area contributed by atoms with Crippen LogP contribution in [0.1, 0.15) is 94.2 Å². The third-order valence-electron chi connectivity index (χ3n) is 7.39. The zero-order valence-electron chi connectivity index (χ0n) is 24.1. The van der Waals surface area contributed by atoms with Gasteiger partial charge in [0.1, 0.15) is 11.6 Å². The summed E-state index contributed by atoms with van der Waals surface area (Å²) in [7, 11) is 0. The standard InChI is InChI=1S/C30H41N3O6/c1-8-39-29(36)23(17-30(5,6)7)32-25(21-13-9-18(2)10-14-21)20(4)24(26(28(32)35)33(37)38)27(34)31-22-15-11-19(3)12-16-22/h9-10,13-14,19,22-23H,8,11-12,15-17H2,1-7H3,(H,31,34)/t19-,22-,23?. The Bertz CT molecular complexity index is 1280. The van der Waals surface area contributed by atoms with Crippen molar-refractivity contribution in [1.29, 1.82) is 0 Å². The van der Waals surface area contributed by atoms with Crippen LogP contribution in [-0.2, 0) is 9.53 Å². The third-order valence-corrected chi connectivity index (χ3v) is 7.39. The molecule has 1 aliphatic carbocycles. The number of nitrogens with zero attached hydrogens (tertiary/aromatic N) is 2. The molecule has 1 atom stereocenters. The van der Waals surface area contributed by atoms with Gasteiger partial charge in [0, 0.05) is 6.04 Å². The molecule has 9 heteroatoms. The monoisotopic (exact) mass is 539 g/mol. The molecule has 1 aromatic heterocycles. The number of benzene rings is 1. The topological polar surface area (TPSA) is 121 Å². The van der Waals surface area contributed by atoms with Crippen molar-refractivity contribution in [1.82, 2.24) is 9.88 Å². The van der Waals surface area contributed by atoms with Crippen molar-refractivity contribution >= 4 is 17.6 Å². The molecule has 1 saturated carbocycles. The molecule has 1 heterocycles. The van der Waals surface area contributed by atoms with Crippen LogP contribution in [0.2, 0.25) is 0 Å². The van der Waals surface area contributed by atoms with E-state index in [1.807, 2.05) is 39.8 Å². The molecule has 39 heavy (non-hydrogen) atoms. The molecule has 1 unspecified atom stereocenters. The Balaban J connectivity index is 2.34. The van der Waals surface area contributed by atoms with Crippen LogP contribution in [-0.4, -0.2) is 34.0 Å². The first-order chi connectivity index (χ1) is 18.2. The second-order valence-corrected chi connectivity index (χ2v) is 12.0. The Kier molecular flexibility index (Phi) is 9.35. The Labute approximate surface area is 230 Å². The van der Waals surface area contributed by atoms with E-state index < -0.39 is 39.5 Å². The quantitative estimate of drug-likeness (QED) is 0.254. The summed E-state index contributed by atoms with van der Waals surface area (Å²) in [5, 5.41) is 15.3. The first kappa shape index (κ1) is 30.1. The molecule has 1 N–H and O–H groups in total. The molecule has 1 aliphatic rings. The Hall–Kier alpha value is -3.49. The van der Waals surface area contributed by atoms with Crippen LogP contribution in [0.4, 0.5) is 5.69 Å². The van der Waals surface area contributed by atoms with Crippen molar-refractivity contribution in [3.8, 4) is 11.3 Å². The van der Waals surface area contributed by atoms with Gasteiger partial charge in [-0.3, -0.25) is 24.3 Å². The molecule has 2 aromatic rings. The second-order valence-electron chi connectivity index (χ2n) is 12.0. The van der Waals surface area contributed by atoms with E-state index in [4.69, 9.17) is 4.74 Å². The van der Waals surface area contributed by atoms with E-state index >= 15 is 0 Å². The minimum atomic E-state index is -1.12. The summed E-state index contributed by atoms with van der Waals surface area (Å²) in [6.45, 7) is 13.2. The molecule has 0 aliphatic heterocycles. The Morgan fingerprint density at radius 3 is 2.23 bits per heavy atom. The van der Waals surface area contributed by atoms with Gasteiger partial charge in [0.25, 0.3) is 5.91 Å². The number of nitro groups is 1. The number of aromatic nitrogens is 1. The summed E-state index contributed by atoms with van der Waals surface area (Å²) in [5.41, 5.74) is -0.362. The molecule has 0 radical (unpaired) electrons. The number of aryl methyl sites for hydroxylation is 1. The number of hydrogen-bond donors (Lipinski definition) is 1. The summed E-state index contributed by atoms with van der Waals surface area (Å²) < 4.78 is 6.53.